The van der Waals surface area contributed by atoms with E-state index >= 15 is 0 Å². The van der Waals surface area contributed by atoms with Gasteiger partial charge in [-0.25, -0.2) is 0 Å². The summed E-state index contributed by atoms with van der Waals surface area (Å²) < 4.78 is 13.6. The van der Waals surface area contributed by atoms with Crippen LogP contribution in [0.4, 0.5) is 0 Å². The van der Waals surface area contributed by atoms with Gasteiger partial charge in [-0.3, -0.25) is 9.67 Å². The number of guanidine groups is 1. The molecule has 0 saturated carbocycles. The fourth-order valence-electron chi connectivity index (χ4n) is 2.82. The summed E-state index contributed by atoms with van der Waals surface area (Å²) in [5, 5.41) is 11.1. The molecule has 0 amide bonds. The Bertz CT molecular complexity index is 789. The number of nitrogens with one attached hydrogen (secondary N) is 2. The van der Waals surface area contributed by atoms with E-state index in [0.29, 0.717) is 18.0 Å². The zero-order chi connectivity index (χ0) is 19.8. The Kier molecular flexibility index (Phi) is 7.97. The second-order valence-corrected chi connectivity index (χ2v) is 7.02. The molecular weight excluding hydrogens is 410 g/mol. The first-order valence-corrected chi connectivity index (χ1v) is 9.63. The minimum atomic E-state index is 0.621. The molecule has 2 aromatic rings. The van der Waals surface area contributed by atoms with E-state index in [0.717, 1.165) is 41.2 Å². The first kappa shape index (κ1) is 21.1. The van der Waals surface area contributed by atoms with E-state index in [1.807, 2.05) is 23.7 Å². The molecule has 0 fully saturated rings. The van der Waals surface area contributed by atoms with Crippen LogP contribution in [-0.4, -0.2) is 43.6 Å². The van der Waals surface area contributed by atoms with Crippen molar-refractivity contribution in [3.05, 3.63) is 39.6 Å². The minimum Gasteiger partial charge on any atom is -0.493 e. The third-order valence-corrected chi connectivity index (χ3v) is 4.71. The highest BCUT2D eigenvalue weighted by Crippen LogP contribution is 2.36. The molecule has 0 bridgehead atoms. The van der Waals surface area contributed by atoms with E-state index in [9.17, 15) is 0 Å². The third-order valence-electron chi connectivity index (χ3n) is 4.12. The van der Waals surface area contributed by atoms with Crippen LogP contribution in [0.2, 0.25) is 0 Å². The number of ether oxygens (including phenoxy) is 2. The monoisotopic (exact) mass is 437 g/mol. The lowest BCUT2D eigenvalue weighted by Crippen LogP contribution is -2.37. The van der Waals surface area contributed by atoms with Gasteiger partial charge in [0, 0.05) is 32.4 Å². The molecule has 1 heterocycles. The first-order chi connectivity index (χ1) is 13.0. The highest BCUT2D eigenvalue weighted by Gasteiger charge is 2.10. The van der Waals surface area contributed by atoms with Crippen molar-refractivity contribution in [1.29, 1.82) is 0 Å². The fraction of sp³-hybridized carbons (Fsp3) is 0.474. The van der Waals surface area contributed by atoms with Crippen molar-refractivity contribution < 1.29 is 9.47 Å². The smallest absolute Gasteiger partial charge is 0.191 e. The summed E-state index contributed by atoms with van der Waals surface area (Å²) in [4.78, 5) is 4.27. The van der Waals surface area contributed by atoms with Gasteiger partial charge in [-0.15, -0.1) is 0 Å². The molecule has 148 valence electrons. The van der Waals surface area contributed by atoms with E-state index in [1.54, 1.807) is 21.3 Å². The van der Waals surface area contributed by atoms with Gasteiger partial charge >= 0.3 is 0 Å². The zero-order valence-electron chi connectivity index (χ0n) is 16.6. The molecule has 0 radical (unpaired) electrons. The summed E-state index contributed by atoms with van der Waals surface area (Å²) in [6.07, 6.45) is 0.963. The van der Waals surface area contributed by atoms with Crippen molar-refractivity contribution in [3.63, 3.8) is 0 Å². The van der Waals surface area contributed by atoms with Crippen molar-refractivity contribution in [2.24, 2.45) is 4.99 Å². The first-order valence-electron chi connectivity index (χ1n) is 8.84. The van der Waals surface area contributed by atoms with Crippen LogP contribution >= 0.6 is 15.9 Å². The van der Waals surface area contributed by atoms with Crippen LogP contribution in [0.3, 0.4) is 0 Å². The Hall–Kier alpha value is -2.22. The van der Waals surface area contributed by atoms with Gasteiger partial charge in [0.25, 0.3) is 0 Å². The number of aliphatic imine (C=N–C) groups is 1. The van der Waals surface area contributed by atoms with Gasteiger partial charge in [-0.2, -0.15) is 5.10 Å². The number of benzene rings is 1. The molecule has 8 heteroatoms. The molecular formula is C19H28BrN5O2. The van der Waals surface area contributed by atoms with Crippen molar-refractivity contribution in [2.45, 2.75) is 33.4 Å². The highest BCUT2D eigenvalue weighted by molar-refractivity contribution is 9.10. The third kappa shape index (κ3) is 5.89. The molecule has 0 unspecified atom stereocenters. The van der Waals surface area contributed by atoms with Gasteiger partial charge in [0.05, 0.1) is 24.4 Å². The maximum absolute atomic E-state index is 5.39. The van der Waals surface area contributed by atoms with Gasteiger partial charge in [0.2, 0.25) is 0 Å². The molecule has 2 N–H and O–H groups in total. The number of methoxy groups -OCH3 is 2. The summed E-state index contributed by atoms with van der Waals surface area (Å²) in [6.45, 7) is 6.41. The lowest BCUT2D eigenvalue weighted by molar-refractivity contribution is 0.352. The fourth-order valence-corrected chi connectivity index (χ4v) is 3.47. The maximum Gasteiger partial charge on any atom is 0.191 e. The van der Waals surface area contributed by atoms with Crippen LogP contribution in [0.25, 0.3) is 0 Å². The molecule has 27 heavy (non-hydrogen) atoms. The van der Waals surface area contributed by atoms with Crippen molar-refractivity contribution in [2.75, 3.05) is 27.8 Å². The lowest BCUT2D eigenvalue weighted by Gasteiger charge is -2.15. The molecule has 1 aromatic heterocycles. The van der Waals surface area contributed by atoms with Crippen LogP contribution in [0, 0.1) is 13.8 Å². The van der Waals surface area contributed by atoms with Crippen molar-refractivity contribution >= 4 is 21.9 Å². The van der Waals surface area contributed by atoms with Gasteiger partial charge in [0.1, 0.15) is 0 Å². The van der Waals surface area contributed by atoms with Crippen LogP contribution in [0.5, 0.6) is 11.5 Å². The minimum absolute atomic E-state index is 0.621. The number of halogens is 1. The maximum atomic E-state index is 5.39. The average Bonchev–Trinajstić information content (AvgIpc) is 2.97. The molecule has 2 rings (SSSR count). The predicted molar refractivity (Wildman–Crippen MR) is 112 cm³/mol. The van der Waals surface area contributed by atoms with Crippen LogP contribution in [0.1, 0.15) is 23.4 Å². The standard InChI is InChI=1S/C19H28BrN5O2/c1-13-9-14(2)25(24-13)8-6-7-22-19(21-3)23-12-15-10-16(20)18(27-5)17(11-15)26-4/h9-11H,6-8,12H2,1-5H3,(H2,21,22,23). The molecule has 0 atom stereocenters. The Balaban J connectivity index is 1.83. The molecule has 0 saturated heterocycles. The summed E-state index contributed by atoms with van der Waals surface area (Å²) in [7, 11) is 5.02. The molecule has 7 nitrogen and oxygen atoms in total. The van der Waals surface area contributed by atoms with Gasteiger partial charge in [-0.1, -0.05) is 0 Å². The average molecular weight is 438 g/mol. The summed E-state index contributed by atoms with van der Waals surface area (Å²) in [5.74, 6) is 2.14. The van der Waals surface area contributed by atoms with Crippen molar-refractivity contribution in [3.8, 4) is 11.5 Å². The molecule has 1 aromatic carbocycles. The zero-order valence-corrected chi connectivity index (χ0v) is 18.2. The van der Waals surface area contributed by atoms with Crippen molar-refractivity contribution in [1.82, 2.24) is 20.4 Å². The Morgan fingerprint density at radius 3 is 2.56 bits per heavy atom. The highest BCUT2D eigenvalue weighted by atomic mass is 79.9. The van der Waals surface area contributed by atoms with Gasteiger partial charge in [-0.05, 0) is 60.0 Å². The van der Waals surface area contributed by atoms with Gasteiger partial charge < -0.3 is 20.1 Å². The van der Waals surface area contributed by atoms with E-state index in [2.05, 4.69) is 49.6 Å². The summed E-state index contributed by atoms with van der Waals surface area (Å²) in [5.41, 5.74) is 3.30. The summed E-state index contributed by atoms with van der Waals surface area (Å²) in [6, 6.07) is 6.05. The molecule has 0 aliphatic rings. The number of aryl methyl sites for hydroxylation is 3. The Morgan fingerprint density at radius 1 is 1.19 bits per heavy atom. The Labute approximate surface area is 169 Å². The van der Waals surface area contributed by atoms with E-state index in [4.69, 9.17) is 9.47 Å². The van der Waals surface area contributed by atoms with E-state index in [1.165, 1.54) is 5.69 Å². The van der Waals surface area contributed by atoms with Crippen LogP contribution in [0.15, 0.2) is 27.7 Å². The summed E-state index contributed by atoms with van der Waals surface area (Å²) >= 11 is 3.52. The quantitative estimate of drug-likeness (QED) is 0.377. The SMILES string of the molecule is CN=C(NCCCn1nc(C)cc1C)NCc1cc(Br)c(OC)c(OC)c1. The predicted octanol–water partition coefficient (Wildman–Crippen LogP) is 3.03. The van der Waals surface area contributed by atoms with Crippen LogP contribution in [-0.2, 0) is 13.1 Å². The lowest BCUT2D eigenvalue weighted by atomic mass is 10.2. The number of aromatic nitrogens is 2. The molecule has 0 spiro atoms. The second-order valence-electron chi connectivity index (χ2n) is 6.17. The topological polar surface area (TPSA) is 72.7 Å². The van der Waals surface area contributed by atoms with Crippen LogP contribution < -0.4 is 20.1 Å². The largest absolute Gasteiger partial charge is 0.493 e. The van der Waals surface area contributed by atoms with E-state index < -0.39 is 0 Å². The number of hydrogen-bond acceptors (Lipinski definition) is 4. The van der Waals surface area contributed by atoms with Gasteiger partial charge in [0.15, 0.2) is 17.5 Å². The molecule has 0 aliphatic carbocycles. The molecule has 0 aliphatic heterocycles. The normalized spacial score (nSPS) is 11.4. The number of hydrogen-bond donors (Lipinski definition) is 2. The Morgan fingerprint density at radius 2 is 1.96 bits per heavy atom. The number of nitrogens with zero attached hydrogens (tertiary/aromatic N) is 3. The second kappa shape index (κ2) is 10.2. The number of rotatable bonds is 8. The van der Waals surface area contributed by atoms with E-state index in [-0.39, 0.29) is 0 Å².